The molecule has 2 heterocycles. The number of carbonyl (C=O) groups is 1. The zero-order chi connectivity index (χ0) is 16.7. The molecule has 0 saturated carbocycles. The maximum absolute atomic E-state index is 12.5. The molecule has 1 aromatic rings. The fourth-order valence-corrected chi connectivity index (χ4v) is 2.90. The molecule has 1 aliphatic rings. The third-order valence-corrected chi connectivity index (χ3v) is 4.05. The summed E-state index contributed by atoms with van der Waals surface area (Å²) in [7, 11) is 0. The fraction of sp³-hybridized carbons (Fsp3) is 0.667. The van der Waals surface area contributed by atoms with Gasteiger partial charge in [-0.25, -0.2) is 4.98 Å². The van der Waals surface area contributed by atoms with Crippen molar-refractivity contribution in [3.05, 3.63) is 23.9 Å². The maximum atomic E-state index is 12.5. The zero-order valence-electron chi connectivity index (χ0n) is 14.5. The van der Waals surface area contributed by atoms with E-state index >= 15 is 0 Å². The van der Waals surface area contributed by atoms with Gasteiger partial charge in [0.25, 0.3) is 5.91 Å². The highest BCUT2D eigenvalue weighted by atomic mass is 16.5. The lowest BCUT2D eigenvalue weighted by atomic mass is 10.00. The molecule has 1 fully saturated rings. The number of piperidine rings is 1. The van der Waals surface area contributed by atoms with Crippen molar-refractivity contribution in [3.8, 4) is 0 Å². The van der Waals surface area contributed by atoms with Crippen LogP contribution in [-0.4, -0.2) is 43.2 Å². The minimum absolute atomic E-state index is 0.0455. The molecule has 1 aliphatic heterocycles. The van der Waals surface area contributed by atoms with Gasteiger partial charge >= 0.3 is 0 Å². The number of rotatable bonds is 7. The summed E-state index contributed by atoms with van der Waals surface area (Å²) >= 11 is 0. The molecule has 0 radical (unpaired) electrons. The lowest BCUT2D eigenvalue weighted by Crippen LogP contribution is -2.37. The number of pyridine rings is 1. The van der Waals surface area contributed by atoms with Crippen molar-refractivity contribution < 1.29 is 9.53 Å². The number of hydrogen-bond acceptors (Lipinski definition) is 4. The van der Waals surface area contributed by atoms with Crippen LogP contribution in [0.4, 0.5) is 5.82 Å². The summed E-state index contributed by atoms with van der Waals surface area (Å²) in [5, 5.41) is 2.98. The first-order chi connectivity index (χ1) is 11.1. The van der Waals surface area contributed by atoms with Crippen molar-refractivity contribution >= 4 is 11.7 Å². The molecule has 1 saturated heterocycles. The third kappa shape index (κ3) is 5.50. The van der Waals surface area contributed by atoms with Crippen LogP contribution in [0.1, 0.15) is 50.4 Å². The van der Waals surface area contributed by atoms with Crippen LogP contribution in [0.2, 0.25) is 0 Å². The first-order valence-electron chi connectivity index (χ1n) is 8.67. The average molecular weight is 319 g/mol. The van der Waals surface area contributed by atoms with Crippen molar-refractivity contribution in [2.45, 2.75) is 46.1 Å². The summed E-state index contributed by atoms with van der Waals surface area (Å²) in [6, 6.07) is 3.69. The first-order valence-corrected chi connectivity index (χ1v) is 8.67. The Bertz CT molecular complexity index is 505. The van der Waals surface area contributed by atoms with Gasteiger partial charge in [0.1, 0.15) is 5.82 Å². The van der Waals surface area contributed by atoms with E-state index in [9.17, 15) is 4.79 Å². The highest BCUT2D eigenvalue weighted by Gasteiger charge is 2.22. The Hall–Kier alpha value is -1.62. The number of nitrogens with one attached hydrogen (secondary N) is 1. The summed E-state index contributed by atoms with van der Waals surface area (Å²) in [5.74, 6) is 1.42. The number of aromatic nitrogens is 1. The topological polar surface area (TPSA) is 54.5 Å². The Morgan fingerprint density at radius 3 is 3.09 bits per heavy atom. The largest absolute Gasteiger partial charge is 0.379 e. The molecule has 0 spiro atoms. The van der Waals surface area contributed by atoms with E-state index in [-0.39, 0.29) is 12.0 Å². The molecule has 0 aliphatic carbocycles. The number of nitrogens with zero attached hydrogens (tertiary/aromatic N) is 2. The maximum Gasteiger partial charge on any atom is 0.255 e. The van der Waals surface area contributed by atoms with Gasteiger partial charge in [-0.2, -0.15) is 0 Å². The Labute approximate surface area is 139 Å². The SMILES string of the molecule is CC1CCCN(c2ncccc2C(=O)NCCCOC(C)C)C1. The van der Waals surface area contributed by atoms with Crippen LogP contribution in [0.3, 0.4) is 0 Å². The van der Waals surface area contributed by atoms with Crippen molar-refractivity contribution in [1.82, 2.24) is 10.3 Å². The fourth-order valence-electron chi connectivity index (χ4n) is 2.90. The smallest absolute Gasteiger partial charge is 0.255 e. The number of ether oxygens (including phenoxy) is 1. The molecule has 128 valence electrons. The second-order valence-corrected chi connectivity index (χ2v) is 6.60. The summed E-state index contributed by atoms with van der Waals surface area (Å²) in [4.78, 5) is 19.2. The summed E-state index contributed by atoms with van der Waals surface area (Å²) < 4.78 is 5.49. The van der Waals surface area contributed by atoms with Gasteiger partial charge in [-0.05, 0) is 51.2 Å². The van der Waals surface area contributed by atoms with Gasteiger partial charge in [-0.15, -0.1) is 0 Å². The Morgan fingerprint density at radius 1 is 1.52 bits per heavy atom. The second kappa shape index (κ2) is 8.87. The predicted octanol–water partition coefficient (Wildman–Crippen LogP) is 2.86. The van der Waals surface area contributed by atoms with Gasteiger partial charge < -0.3 is 15.0 Å². The number of hydrogen-bond donors (Lipinski definition) is 1. The molecule has 5 heteroatoms. The van der Waals surface area contributed by atoms with E-state index < -0.39 is 0 Å². The van der Waals surface area contributed by atoms with E-state index in [1.54, 1.807) is 6.20 Å². The van der Waals surface area contributed by atoms with Crippen LogP contribution >= 0.6 is 0 Å². The van der Waals surface area contributed by atoms with E-state index in [2.05, 4.69) is 22.1 Å². The molecular formula is C18H29N3O2. The highest BCUT2D eigenvalue weighted by Crippen LogP contribution is 2.24. The number of anilines is 1. The van der Waals surface area contributed by atoms with Crippen molar-refractivity contribution in [3.63, 3.8) is 0 Å². The van der Waals surface area contributed by atoms with Gasteiger partial charge in [0, 0.05) is 32.4 Å². The molecule has 1 amide bonds. The minimum atomic E-state index is -0.0455. The van der Waals surface area contributed by atoms with Crippen LogP contribution in [0.15, 0.2) is 18.3 Å². The van der Waals surface area contributed by atoms with Crippen LogP contribution in [-0.2, 0) is 4.74 Å². The van der Waals surface area contributed by atoms with Gasteiger partial charge in [0.2, 0.25) is 0 Å². The van der Waals surface area contributed by atoms with E-state index in [0.29, 0.717) is 24.6 Å². The second-order valence-electron chi connectivity index (χ2n) is 6.60. The minimum Gasteiger partial charge on any atom is -0.379 e. The lowest BCUT2D eigenvalue weighted by molar-refractivity contribution is 0.0757. The predicted molar refractivity (Wildman–Crippen MR) is 92.9 cm³/mol. The molecule has 1 N–H and O–H groups in total. The third-order valence-electron chi connectivity index (χ3n) is 4.05. The van der Waals surface area contributed by atoms with E-state index in [0.717, 1.165) is 31.7 Å². The monoisotopic (exact) mass is 319 g/mol. The van der Waals surface area contributed by atoms with Crippen LogP contribution in [0.25, 0.3) is 0 Å². The molecule has 1 aromatic heterocycles. The quantitative estimate of drug-likeness (QED) is 0.785. The van der Waals surface area contributed by atoms with Crippen molar-refractivity contribution in [1.29, 1.82) is 0 Å². The lowest BCUT2D eigenvalue weighted by Gasteiger charge is -2.32. The van der Waals surface area contributed by atoms with Gasteiger partial charge in [0.05, 0.1) is 11.7 Å². The normalized spacial score (nSPS) is 18.3. The zero-order valence-corrected chi connectivity index (χ0v) is 14.5. The van der Waals surface area contributed by atoms with Gasteiger partial charge in [0.15, 0.2) is 0 Å². The number of amides is 1. The summed E-state index contributed by atoms with van der Waals surface area (Å²) in [6.07, 6.45) is 5.23. The molecular weight excluding hydrogens is 290 g/mol. The Kier molecular flexibility index (Phi) is 6.84. The summed E-state index contributed by atoms with van der Waals surface area (Å²) in [6.45, 7) is 9.52. The molecule has 23 heavy (non-hydrogen) atoms. The standard InChI is InChI=1S/C18H29N3O2/c1-14(2)23-12-6-10-20-18(22)16-8-4-9-19-17(16)21-11-5-7-15(3)13-21/h4,8-9,14-15H,5-7,10-13H2,1-3H3,(H,20,22). The van der Waals surface area contributed by atoms with Crippen LogP contribution in [0, 0.1) is 5.92 Å². The van der Waals surface area contributed by atoms with Crippen molar-refractivity contribution in [2.75, 3.05) is 31.1 Å². The molecule has 2 rings (SSSR count). The molecule has 1 atom stereocenters. The van der Waals surface area contributed by atoms with E-state index in [4.69, 9.17) is 4.74 Å². The van der Waals surface area contributed by atoms with Crippen molar-refractivity contribution in [2.24, 2.45) is 5.92 Å². The Balaban J connectivity index is 1.92. The highest BCUT2D eigenvalue weighted by molar-refractivity contribution is 5.98. The molecule has 1 unspecified atom stereocenters. The average Bonchev–Trinajstić information content (AvgIpc) is 2.54. The van der Waals surface area contributed by atoms with Crippen LogP contribution in [0.5, 0.6) is 0 Å². The summed E-state index contributed by atoms with van der Waals surface area (Å²) in [5.41, 5.74) is 0.673. The van der Waals surface area contributed by atoms with E-state index in [1.165, 1.54) is 6.42 Å². The first kappa shape index (κ1) is 17.7. The molecule has 0 bridgehead atoms. The molecule has 0 aromatic carbocycles. The van der Waals surface area contributed by atoms with E-state index in [1.807, 2.05) is 26.0 Å². The van der Waals surface area contributed by atoms with Gasteiger partial charge in [-0.3, -0.25) is 4.79 Å². The Morgan fingerprint density at radius 2 is 2.35 bits per heavy atom. The molecule has 5 nitrogen and oxygen atoms in total. The van der Waals surface area contributed by atoms with Crippen LogP contribution < -0.4 is 10.2 Å². The number of carbonyl (C=O) groups excluding carboxylic acids is 1. The van der Waals surface area contributed by atoms with Gasteiger partial charge in [-0.1, -0.05) is 6.92 Å².